The van der Waals surface area contributed by atoms with Crippen molar-refractivity contribution in [3.05, 3.63) is 11.6 Å². The molecule has 90 valence electrons. The molecule has 1 unspecified atom stereocenters. The van der Waals surface area contributed by atoms with Crippen molar-refractivity contribution in [1.29, 1.82) is 0 Å². The SMILES string of the molecule is CCC/C=C(\C)C1(CC)CNC(=O)NC1=O. The third-order valence-electron chi connectivity index (χ3n) is 3.31. The standard InChI is InChI=1S/C12H20N2O2/c1-4-6-7-9(3)12(5-2)8-13-11(16)14-10(12)15/h7H,4-6,8H2,1-3H3,(H2,13,14,15,16)/b9-7+. The predicted octanol–water partition coefficient (Wildman–Crippen LogP) is 1.97. The van der Waals surface area contributed by atoms with Crippen molar-refractivity contribution in [3.63, 3.8) is 0 Å². The minimum atomic E-state index is -0.552. The molecule has 0 aromatic rings. The molecule has 3 amide bonds. The monoisotopic (exact) mass is 224 g/mol. The van der Waals surface area contributed by atoms with Gasteiger partial charge in [0.2, 0.25) is 5.91 Å². The quantitative estimate of drug-likeness (QED) is 0.717. The van der Waals surface area contributed by atoms with Crippen LogP contribution < -0.4 is 10.6 Å². The number of urea groups is 1. The predicted molar refractivity (Wildman–Crippen MR) is 62.9 cm³/mol. The lowest BCUT2D eigenvalue weighted by Gasteiger charge is -2.36. The zero-order chi connectivity index (χ0) is 12.2. The summed E-state index contributed by atoms with van der Waals surface area (Å²) in [5, 5.41) is 5.05. The first-order chi connectivity index (χ1) is 7.56. The molecular weight excluding hydrogens is 204 g/mol. The van der Waals surface area contributed by atoms with E-state index in [0.717, 1.165) is 18.4 Å². The highest BCUT2D eigenvalue weighted by molar-refractivity contribution is 6.01. The molecule has 0 aromatic heterocycles. The van der Waals surface area contributed by atoms with Crippen LogP contribution in [0.5, 0.6) is 0 Å². The van der Waals surface area contributed by atoms with E-state index in [2.05, 4.69) is 23.6 Å². The van der Waals surface area contributed by atoms with E-state index < -0.39 is 11.4 Å². The Hall–Kier alpha value is -1.32. The molecule has 4 heteroatoms. The fraction of sp³-hybridized carbons (Fsp3) is 0.667. The van der Waals surface area contributed by atoms with E-state index in [1.807, 2.05) is 13.8 Å². The maximum atomic E-state index is 11.9. The van der Waals surface area contributed by atoms with Crippen molar-refractivity contribution in [2.24, 2.45) is 5.41 Å². The molecule has 1 heterocycles. The topological polar surface area (TPSA) is 58.2 Å². The lowest BCUT2D eigenvalue weighted by atomic mass is 9.76. The molecule has 1 fully saturated rings. The first-order valence-corrected chi connectivity index (χ1v) is 5.83. The second-order valence-corrected chi connectivity index (χ2v) is 4.25. The van der Waals surface area contributed by atoms with Gasteiger partial charge in [-0.05, 0) is 19.8 Å². The lowest BCUT2D eigenvalue weighted by Crippen LogP contribution is -2.59. The smallest absolute Gasteiger partial charge is 0.321 e. The van der Waals surface area contributed by atoms with Crippen molar-refractivity contribution in [2.45, 2.75) is 40.0 Å². The van der Waals surface area contributed by atoms with Gasteiger partial charge in [-0.25, -0.2) is 4.79 Å². The first kappa shape index (κ1) is 12.7. The largest absolute Gasteiger partial charge is 0.336 e. The van der Waals surface area contributed by atoms with Gasteiger partial charge in [-0.1, -0.05) is 31.9 Å². The van der Waals surface area contributed by atoms with Crippen LogP contribution in [0.25, 0.3) is 0 Å². The Morgan fingerprint density at radius 2 is 2.12 bits per heavy atom. The number of hydrogen-bond donors (Lipinski definition) is 2. The Morgan fingerprint density at radius 1 is 1.44 bits per heavy atom. The summed E-state index contributed by atoms with van der Waals surface area (Å²) in [7, 11) is 0. The van der Waals surface area contributed by atoms with Crippen LogP contribution in [0.15, 0.2) is 11.6 Å². The molecule has 0 aliphatic carbocycles. The number of amides is 3. The summed E-state index contributed by atoms with van der Waals surface area (Å²) in [4.78, 5) is 23.0. The van der Waals surface area contributed by atoms with Gasteiger partial charge in [-0.2, -0.15) is 0 Å². The van der Waals surface area contributed by atoms with Crippen LogP contribution in [0.3, 0.4) is 0 Å². The van der Waals surface area contributed by atoms with E-state index in [4.69, 9.17) is 0 Å². The number of imide groups is 1. The molecule has 0 radical (unpaired) electrons. The second-order valence-electron chi connectivity index (χ2n) is 4.25. The maximum absolute atomic E-state index is 11.9. The summed E-state index contributed by atoms with van der Waals surface area (Å²) in [6.45, 7) is 6.45. The van der Waals surface area contributed by atoms with Gasteiger partial charge in [0.15, 0.2) is 0 Å². The fourth-order valence-corrected chi connectivity index (χ4v) is 2.02. The Bertz CT molecular complexity index is 323. The summed E-state index contributed by atoms with van der Waals surface area (Å²) in [6, 6.07) is -0.391. The molecule has 0 bridgehead atoms. The zero-order valence-electron chi connectivity index (χ0n) is 10.2. The number of unbranched alkanes of at least 4 members (excludes halogenated alkanes) is 1. The van der Waals surface area contributed by atoms with Gasteiger partial charge in [-0.15, -0.1) is 0 Å². The van der Waals surface area contributed by atoms with Gasteiger partial charge < -0.3 is 5.32 Å². The van der Waals surface area contributed by atoms with Gasteiger partial charge in [0.25, 0.3) is 0 Å². The molecule has 2 N–H and O–H groups in total. The molecule has 16 heavy (non-hydrogen) atoms. The highest BCUT2D eigenvalue weighted by Gasteiger charge is 2.42. The molecular formula is C12H20N2O2. The number of hydrogen-bond acceptors (Lipinski definition) is 2. The second kappa shape index (κ2) is 5.14. The van der Waals surface area contributed by atoms with Gasteiger partial charge in [0.1, 0.15) is 0 Å². The van der Waals surface area contributed by atoms with Crippen LogP contribution in [0.4, 0.5) is 4.79 Å². The van der Waals surface area contributed by atoms with Crippen LogP contribution in [0.2, 0.25) is 0 Å². The van der Waals surface area contributed by atoms with Gasteiger partial charge in [-0.3, -0.25) is 10.1 Å². The van der Waals surface area contributed by atoms with E-state index in [1.54, 1.807) is 0 Å². The lowest BCUT2D eigenvalue weighted by molar-refractivity contribution is -0.128. The number of carbonyl (C=O) groups excluding carboxylic acids is 2. The van der Waals surface area contributed by atoms with Crippen LogP contribution in [-0.4, -0.2) is 18.5 Å². The normalized spacial score (nSPS) is 26.3. The highest BCUT2D eigenvalue weighted by atomic mass is 16.2. The number of rotatable bonds is 4. The molecule has 0 aromatic carbocycles. The van der Waals surface area contributed by atoms with Crippen molar-refractivity contribution in [1.82, 2.24) is 10.6 Å². The van der Waals surface area contributed by atoms with Crippen molar-refractivity contribution < 1.29 is 9.59 Å². The molecule has 1 rings (SSSR count). The van der Waals surface area contributed by atoms with Crippen LogP contribution in [0, 0.1) is 5.41 Å². The average Bonchev–Trinajstić information content (AvgIpc) is 2.27. The molecule has 4 nitrogen and oxygen atoms in total. The van der Waals surface area contributed by atoms with E-state index in [9.17, 15) is 9.59 Å². The molecule has 1 atom stereocenters. The average molecular weight is 224 g/mol. The van der Waals surface area contributed by atoms with Crippen LogP contribution >= 0.6 is 0 Å². The van der Waals surface area contributed by atoms with E-state index in [0.29, 0.717) is 13.0 Å². The van der Waals surface area contributed by atoms with Crippen LogP contribution in [-0.2, 0) is 4.79 Å². The fourth-order valence-electron chi connectivity index (χ4n) is 2.02. The van der Waals surface area contributed by atoms with Gasteiger partial charge in [0, 0.05) is 6.54 Å². The summed E-state index contributed by atoms with van der Waals surface area (Å²) in [5.74, 6) is -0.177. The van der Waals surface area contributed by atoms with Crippen molar-refractivity contribution >= 4 is 11.9 Å². The third-order valence-corrected chi connectivity index (χ3v) is 3.31. The van der Waals surface area contributed by atoms with E-state index in [1.165, 1.54) is 0 Å². The molecule has 0 saturated carbocycles. The summed E-state index contributed by atoms with van der Waals surface area (Å²) >= 11 is 0. The molecule has 1 aliphatic rings. The Labute approximate surface area is 96.5 Å². The van der Waals surface area contributed by atoms with Gasteiger partial charge >= 0.3 is 6.03 Å². The summed E-state index contributed by atoms with van der Waals surface area (Å²) in [6.07, 6.45) is 4.83. The highest BCUT2D eigenvalue weighted by Crippen LogP contribution is 2.32. The van der Waals surface area contributed by atoms with E-state index in [-0.39, 0.29) is 5.91 Å². The minimum Gasteiger partial charge on any atom is -0.336 e. The van der Waals surface area contributed by atoms with Crippen LogP contribution in [0.1, 0.15) is 40.0 Å². The number of carbonyl (C=O) groups is 2. The molecule has 1 aliphatic heterocycles. The Morgan fingerprint density at radius 3 is 2.62 bits per heavy atom. The van der Waals surface area contributed by atoms with Crippen molar-refractivity contribution in [3.8, 4) is 0 Å². The summed E-state index contributed by atoms with van der Waals surface area (Å²) < 4.78 is 0. The van der Waals surface area contributed by atoms with Crippen molar-refractivity contribution in [2.75, 3.05) is 6.54 Å². The minimum absolute atomic E-state index is 0.177. The van der Waals surface area contributed by atoms with Gasteiger partial charge in [0.05, 0.1) is 5.41 Å². The first-order valence-electron chi connectivity index (χ1n) is 5.83. The molecule has 1 saturated heterocycles. The van der Waals surface area contributed by atoms with E-state index >= 15 is 0 Å². The Kier molecular flexibility index (Phi) is 4.10. The maximum Gasteiger partial charge on any atom is 0.321 e. The third kappa shape index (κ3) is 2.26. The number of allylic oxidation sites excluding steroid dienone is 1. The zero-order valence-corrected chi connectivity index (χ0v) is 10.2. The summed E-state index contributed by atoms with van der Waals surface area (Å²) in [5.41, 5.74) is 0.498. The number of nitrogens with one attached hydrogen (secondary N) is 2. The molecule has 0 spiro atoms. The Balaban J connectivity index is 2.92.